The average molecular weight is 212 g/mol. The summed E-state index contributed by atoms with van der Waals surface area (Å²) in [5.41, 5.74) is 15.3. The van der Waals surface area contributed by atoms with Crippen molar-refractivity contribution in [2.24, 2.45) is 33.3 Å². The Bertz CT molecular complexity index is 471. The smallest absolute Gasteiger partial charge is 0.0756 e. The second kappa shape index (κ2) is 3.20. The van der Waals surface area contributed by atoms with E-state index in [4.69, 9.17) is 11.5 Å². The van der Waals surface area contributed by atoms with Crippen LogP contribution in [0.4, 0.5) is 0 Å². The van der Waals surface area contributed by atoms with Crippen molar-refractivity contribution in [3.05, 3.63) is 47.1 Å². The van der Waals surface area contributed by atoms with Crippen LogP contribution in [0.25, 0.3) is 0 Å². The van der Waals surface area contributed by atoms with Crippen LogP contribution >= 0.6 is 0 Å². The molecule has 1 aliphatic carbocycles. The third-order valence-electron chi connectivity index (χ3n) is 3.06. The van der Waals surface area contributed by atoms with Crippen LogP contribution in [0.15, 0.2) is 57.1 Å². The number of hydrogen-bond acceptors (Lipinski definition) is 4. The molecule has 3 aliphatic rings. The molecule has 0 aromatic heterocycles. The van der Waals surface area contributed by atoms with E-state index in [1.165, 1.54) is 0 Å². The van der Waals surface area contributed by atoms with E-state index in [0.717, 1.165) is 11.4 Å². The molecule has 16 heavy (non-hydrogen) atoms. The Hall–Kier alpha value is -2.10. The van der Waals surface area contributed by atoms with Crippen molar-refractivity contribution in [3.63, 3.8) is 0 Å². The molecule has 0 aromatic carbocycles. The van der Waals surface area contributed by atoms with Crippen molar-refractivity contribution in [1.82, 2.24) is 0 Å². The van der Waals surface area contributed by atoms with Crippen LogP contribution < -0.4 is 11.5 Å². The zero-order chi connectivity index (χ0) is 11.1. The zero-order valence-corrected chi connectivity index (χ0v) is 8.67. The van der Waals surface area contributed by atoms with Gasteiger partial charge in [-0.25, -0.2) is 0 Å². The van der Waals surface area contributed by atoms with Gasteiger partial charge < -0.3 is 11.5 Å². The standard InChI is InChI=1S/C12H12N4/c13-9-7-3-1-5-15-11(7)12-8(10(9)14)4-2-6-16-12/h1-8H,13-14H2. The first-order valence-electron chi connectivity index (χ1n) is 5.20. The molecule has 0 saturated heterocycles. The van der Waals surface area contributed by atoms with Gasteiger partial charge in [-0.1, -0.05) is 12.2 Å². The van der Waals surface area contributed by atoms with Crippen molar-refractivity contribution in [3.8, 4) is 0 Å². The summed E-state index contributed by atoms with van der Waals surface area (Å²) < 4.78 is 0. The van der Waals surface area contributed by atoms with Gasteiger partial charge in [-0.05, 0) is 12.2 Å². The number of nitrogens with zero attached hydrogens (tertiary/aromatic N) is 2. The van der Waals surface area contributed by atoms with Crippen LogP contribution in [0.5, 0.6) is 0 Å². The number of nitrogens with two attached hydrogens (primary N) is 2. The van der Waals surface area contributed by atoms with Crippen LogP contribution in [0.2, 0.25) is 0 Å². The van der Waals surface area contributed by atoms with Gasteiger partial charge in [-0.2, -0.15) is 0 Å². The molecule has 0 amide bonds. The minimum absolute atomic E-state index is 0.0140. The summed E-state index contributed by atoms with van der Waals surface area (Å²) >= 11 is 0. The maximum absolute atomic E-state index is 6.05. The van der Waals surface area contributed by atoms with E-state index in [1.54, 1.807) is 12.4 Å². The predicted molar refractivity (Wildman–Crippen MR) is 64.7 cm³/mol. The van der Waals surface area contributed by atoms with Gasteiger partial charge in [0, 0.05) is 23.8 Å². The maximum Gasteiger partial charge on any atom is 0.0756 e. The molecule has 0 saturated carbocycles. The molecule has 0 radical (unpaired) electrons. The lowest BCUT2D eigenvalue weighted by Crippen LogP contribution is -2.30. The van der Waals surface area contributed by atoms with Gasteiger partial charge in [-0.15, -0.1) is 0 Å². The molecular formula is C12H12N4. The van der Waals surface area contributed by atoms with Gasteiger partial charge >= 0.3 is 0 Å². The predicted octanol–water partition coefficient (Wildman–Crippen LogP) is 0.854. The molecule has 3 rings (SSSR count). The Balaban J connectivity index is 2.20. The van der Waals surface area contributed by atoms with Crippen molar-refractivity contribution < 1.29 is 0 Å². The van der Waals surface area contributed by atoms with Crippen LogP contribution in [0, 0.1) is 11.8 Å². The molecule has 2 aliphatic heterocycles. The van der Waals surface area contributed by atoms with Crippen molar-refractivity contribution in [2.45, 2.75) is 0 Å². The third kappa shape index (κ3) is 1.10. The molecule has 80 valence electrons. The van der Waals surface area contributed by atoms with Gasteiger partial charge in [-0.3, -0.25) is 9.98 Å². The normalized spacial score (nSPS) is 30.8. The highest BCUT2D eigenvalue weighted by Gasteiger charge is 2.33. The van der Waals surface area contributed by atoms with E-state index in [9.17, 15) is 0 Å². The Labute approximate surface area is 93.4 Å². The van der Waals surface area contributed by atoms with Crippen LogP contribution in [0.3, 0.4) is 0 Å². The Morgan fingerprint density at radius 3 is 1.69 bits per heavy atom. The lowest BCUT2D eigenvalue weighted by molar-refractivity contribution is 0.693. The van der Waals surface area contributed by atoms with Gasteiger partial charge in [0.15, 0.2) is 0 Å². The molecule has 4 heteroatoms. The molecule has 4 N–H and O–H groups in total. The van der Waals surface area contributed by atoms with Crippen molar-refractivity contribution in [1.29, 1.82) is 0 Å². The van der Waals surface area contributed by atoms with Crippen molar-refractivity contribution >= 4 is 12.4 Å². The number of dihydropyridines is 2. The fourth-order valence-corrected chi connectivity index (χ4v) is 2.22. The van der Waals surface area contributed by atoms with Crippen LogP contribution in [0.1, 0.15) is 0 Å². The minimum Gasteiger partial charge on any atom is -0.400 e. The Morgan fingerprint density at radius 1 is 0.812 bits per heavy atom. The first-order chi connectivity index (χ1) is 7.79. The van der Waals surface area contributed by atoms with E-state index < -0.39 is 0 Å². The molecule has 0 fully saturated rings. The van der Waals surface area contributed by atoms with Gasteiger partial charge in [0.25, 0.3) is 0 Å². The SMILES string of the molecule is NC1=C(N)C2C=CC=NC2=C2N=CC=CC12. The number of hydrogen-bond donors (Lipinski definition) is 2. The fraction of sp³-hybridized carbons (Fsp3) is 0.167. The number of allylic oxidation sites excluding steroid dienone is 2. The lowest BCUT2D eigenvalue weighted by Gasteiger charge is -2.30. The first kappa shape index (κ1) is 9.15. The maximum atomic E-state index is 6.05. The third-order valence-corrected chi connectivity index (χ3v) is 3.06. The highest BCUT2D eigenvalue weighted by Crippen LogP contribution is 2.39. The van der Waals surface area contributed by atoms with E-state index >= 15 is 0 Å². The summed E-state index contributed by atoms with van der Waals surface area (Å²) in [6, 6.07) is 0. The zero-order valence-electron chi connectivity index (χ0n) is 8.67. The van der Waals surface area contributed by atoms with Crippen LogP contribution in [-0.4, -0.2) is 12.4 Å². The summed E-state index contributed by atoms with van der Waals surface area (Å²) in [6.07, 6.45) is 11.3. The molecule has 2 atom stereocenters. The second-order valence-electron chi connectivity index (χ2n) is 3.96. The molecule has 4 nitrogen and oxygen atoms in total. The summed E-state index contributed by atoms with van der Waals surface area (Å²) in [6.45, 7) is 0. The summed E-state index contributed by atoms with van der Waals surface area (Å²) in [7, 11) is 0. The highest BCUT2D eigenvalue weighted by molar-refractivity contribution is 5.78. The average Bonchev–Trinajstić information content (AvgIpc) is 2.36. The molecule has 0 bridgehead atoms. The Morgan fingerprint density at radius 2 is 1.25 bits per heavy atom. The van der Waals surface area contributed by atoms with E-state index in [1.807, 2.05) is 24.3 Å². The Kier molecular flexibility index (Phi) is 1.83. The number of aliphatic imine (C=N–C) groups is 2. The molecule has 2 heterocycles. The fourth-order valence-electron chi connectivity index (χ4n) is 2.22. The topological polar surface area (TPSA) is 76.8 Å². The van der Waals surface area contributed by atoms with E-state index in [-0.39, 0.29) is 11.8 Å². The molecular weight excluding hydrogens is 200 g/mol. The number of rotatable bonds is 0. The summed E-state index contributed by atoms with van der Waals surface area (Å²) in [5, 5.41) is 0. The number of fused-ring (bicyclic) bond motifs is 2. The minimum atomic E-state index is -0.0140. The van der Waals surface area contributed by atoms with Crippen LogP contribution in [-0.2, 0) is 0 Å². The van der Waals surface area contributed by atoms with Gasteiger partial charge in [0.1, 0.15) is 0 Å². The van der Waals surface area contributed by atoms with Crippen molar-refractivity contribution in [2.75, 3.05) is 0 Å². The first-order valence-corrected chi connectivity index (χ1v) is 5.20. The lowest BCUT2D eigenvalue weighted by atomic mass is 9.83. The summed E-state index contributed by atoms with van der Waals surface area (Å²) in [5.74, 6) is -0.0280. The highest BCUT2D eigenvalue weighted by atomic mass is 14.9. The largest absolute Gasteiger partial charge is 0.400 e. The quantitative estimate of drug-likeness (QED) is 0.624. The summed E-state index contributed by atoms with van der Waals surface area (Å²) in [4.78, 5) is 8.74. The molecule has 0 aromatic rings. The van der Waals surface area contributed by atoms with E-state index in [2.05, 4.69) is 9.98 Å². The second-order valence-corrected chi connectivity index (χ2v) is 3.96. The molecule has 2 unspecified atom stereocenters. The van der Waals surface area contributed by atoms with Gasteiger partial charge in [0.2, 0.25) is 0 Å². The molecule has 0 spiro atoms. The van der Waals surface area contributed by atoms with Gasteiger partial charge in [0.05, 0.1) is 23.2 Å². The van der Waals surface area contributed by atoms with E-state index in [0.29, 0.717) is 11.4 Å². The monoisotopic (exact) mass is 212 g/mol.